The molecule has 194 valence electrons. The van der Waals surface area contributed by atoms with Crippen LogP contribution in [0, 0.1) is 5.41 Å². The molecule has 0 amide bonds. The van der Waals surface area contributed by atoms with E-state index in [9.17, 15) is 0 Å². The van der Waals surface area contributed by atoms with Crippen molar-refractivity contribution in [2.75, 3.05) is 0 Å². The van der Waals surface area contributed by atoms with Crippen LogP contribution in [0.1, 0.15) is 13.3 Å². The highest BCUT2D eigenvalue weighted by Crippen LogP contribution is 2.41. The quantitative estimate of drug-likeness (QED) is 0.221. The number of para-hydroxylation sites is 1. The van der Waals surface area contributed by atoms with Crippen LogP contribution in [-0.2, 0) is 0 Å². The number of allylic oxidation sites excluding steroid dienone is 4. The second kappa shape index (κ2) is 8.35. The number of hydrogen-bond acceptors (Lipinski definition) is 3. The van der Waals surface area contributed by atoms with E-state index in [1.54, 1.807) is 11.3 Å². The predicted octanol–water partition coefficient (Wildman–Crippen LogP) is 8.08. The summed E-state index contributed by atoms with van der Waals surface area (Å²) in [5.74, 6) is 0.710. The highest BCUT2D eigenvalue weighted by atomic mass is 32.1. The molecule has 41 heavy (non-hydrogen) atoms. The standard InChI is InChI=1S/C37H25N3S/c1-37-20-9-8-13-24(37)21-31-29(22-37)26-15-4-6-18-30(26)40(31)36-38-33(27-17-10-12-23-11-2-3-14-25(23)27)35-34(39-36)28-16-5-7-19-32(28)41-35/h2-19,21-22H,20H2,1H3. The summed E-state index contributed by atoms with van der Waals surface area (Å²) in [5.41, 5.74) is 5.57. The second-order valence-corrected chi connectivity index (χ2v) is 12.3. The van der Waals surface area contributed by atoms with Gasteiger partial charge in [-0.2, -0.15) is 0 Å². The number of hydrogen-bond donors (Lipinski definition) is 0. The zero-order valence-corrected chi connectivity index (χ0v) is 23.3. The van der Waals surface area contributed by atoms with E-state index in [-0.39, 0.29) is 5.41 Å². The van der Waals surface area contributed by atoms with Gasteiger partial charge in [0.2, 0.25) is 5.95 Å². The fourth-order valence-electron chi connectivity index (χ4n) is 6.70. The lowest BCUT2D eigenvalue weighted by Gasteiger charge is -2.30. The zero-order chi connectivity index (χ0) is 27.1. The highest BCUT2D eigenvalue weighted by molar-refractivity contribution is 7.26. The summed E-state index contributed by atoms with van der Waals surface area (Å²) in [5, 5.41) is 7.23. The monoisotopic (exact) mass is 543 g/mol. The zero-order valence-electron chi connectivity index (χ0n) is 22.5. The molecule has 7 aromatic rings. The van der Waals surface area contributed by atoms with Gasteiger partial charge in [-0.25, -0.2) is 9.97 Å². The number of aromatic nitrogens is 3. The Balaban J connectivity index is 1.45. The molecule has 1 atom stereocenters. The van der Waals surface area contributed by atoms with E-state index in [0.717, 1.165) is 38.8 Å². The van der Waals surface area contributed by atoms with Gasteiger partial charge in [-0.05, 0) is 41.0 Å². The largest absolute Gasteiger partial charge is 0.278 e. The summed E-state index contributed by atoms with van der Waals surface area (Å²) in [6.07, 6.45) is 12.5. The molecule has 3 heterocycles. The molecule has 0 fully saturated rings. The summed E-state index contributed by atoms with van der Waals surface area (Å²) < 4.78 is 4.63. The van der Waals surface area contributed by atoms with E-state index in [0.29, 0.717) is 5.95 Å². The third kappa shape index (κ3) is 3.25. The van der Waals surface area contributed by atoms with Gasteiger partial charge in [0.15, 0.2) is 0 Å². The highest BCUT2D eigenvalue weighted by Gasteiger charge is 2.30. The lowest BCUT2D eigenvalue weighted by Crippen LogP contribution is -2.37. The fraction of sp³-hybridized carbons (Fsp3) is 0.0811. The van der Waals surface area contributed by atoms with Crippen molar-refractivity contribution < 1.29 is 0 Å². The van der Waals surface area contributed by atoms with Gasteiger partial charge in [0, 0.05) is 31.7 Å². The molecule has 0 radical (unpaired) electrons. The number of benzene rings is 4. The van der Waals surface area contributed by atoms with Crippen molar-refractivity contribution in [2.45, 2.75) is 13.3 Å². The molecular formula is C37H25N3S. The van der Waals surface area contributed by atoms with Gasteiger partial charge in [0.1, 0.15) is 0 Å². The van der Waals surface area contributed by atoms with Crippen LogP contribution in [0.3, 0.4) is 0 Å². The molecule has 3 nitrogen and oxygen atoms in total. The van der Waals surface area contributed by atoms with Crippen molar-refractivity contribution in [2.24, 2.45) is 5.41 Å². The van der Waals surface area contributed by atoms with E-state index in [4.69, 9.17) is 9.97 Å². The normalized spacial score (nSPS) is 17.8. The molecule has 2 aliphatic rings. The molecule has 9 rings (SSSR count). The molecule has 0 saturated carbocycles. The Morgan fingerprint density at radius 2 is 1.59 bits per heavy atom. The first-order valence-corrected chi connectivity index (χ1v) is 14.9. The Hall–Kier alpha value is -4.80. The summed E-state index contributed by atoms with van der Waals surface area (Å²) in [4.78, 5) is 10.8. The van der Waals surface area contributed by atoms with Gasteiger partial charge in [-0.1, -0.05) is 110 Å². The third-order valence-electron chi connectivity index (χ3n) is 8.77. The molecule has 4 heteroatoms. The maximum atomic E-state index is 5.43. The molecule has 0 aliphatic heterocycles. The Bertz CT molecular complexity index is 2420. The van der Waals surface area contributed by atoms with E-state index in [2.05, 4.69) is 133 Å². The lowest BCUT2D eigenvalue weighted by atomic mass is 9.74. The van der Waals surface area contributed by atoms with Gasteiger partial charge in [-0.15, -0.1) is 11.3 Å². The minimum absolute atomic E-state index is 0.0147. The Morgan fingerprint density at radius 3 is 2.51 bits per heavy atom. The summed E-state index contributed by atoms with van der Waals surface area (Å²) in [6, 6.07) is 32.4. The molecule has 0 N–H and O–H groups in total. The van der Waals surface area contributed by atoms with Crippen molar-refractivity contribution in [3.8, 4) is 17.2 Å². The van der Waals surface area contributed by atoms with E-state index in [1.807, 2.05) is 0 Å². The van der Waals surface area contributed by atoms with Gasteiger partial charge in [-0.3, -0.25) is 4.57 Å². The van der Waals surface area contributed by atoms with E-state index < -0.39 is 0 Å². The first-order valence-electron chi connectivity index (χ1n) is 14.1. The average molecular weight is 544 g/mol. The predicted molar refractivity (Wildman–Crippen MR) is 173 cm³/mol. The van der Waals surface area contributed by atoms with Crippen molar-refractivity contribution in [1.29, 1.82) is 0 Å². The first-order chi connectivity index (χ1) is 20.2. The average Bonchev–Trinajstić information content (AvgIpc) is 3.54. The lowest BCUT2D eigenvalue weighted by molar-refractivity contribution is 0.569. The van der Waals surface area contributed by atoms with Gasteiger partial charge in [0.25, 0.3) is 0 Å². The SMILES string of the molecule is CC12C=c3c(n(-c4nc(-c5cccc6ccccc56)c5sc6ccccc6c5n4)c4ccccc34)=CC1=CC=CC2. The molecular weight excluding hydrogens is 518 g/mol. The van der Waals surface area contributed by atoms with Crippen molar-refractivity contribution in [1.82, 2.24) is 14.5 Å². The second-order valence-electron chi connectivity index (χ2n) is 11.3. The van der Waals surface area contributed by atoms with Crippen LogP contribution < -0.4 is 10.6 Å². The van der Waals surface area contributed by atoms with Crippen molar-refractivity contribution >= 4 is 65.5 Å². The van der Waals surface area contributed by atoms with Gasteiger partial charge >= 0.3 is 0 Å². The molecule has 0 saturated heterocycles. The minimum Gasteiger partial charge on any atom is -0.278 e. The maximum Gasteiger partial charge on any atom is 0.235 e. The number of rotatable bonds is 2. The van der Waals surface area contributed by atoms with Crippen LogP contribution in [0.5, 0.6) is 0 Å². The maximum absolute atomic E-state index is 5.43. The van der Waals surface area contributed by atoms with Crippen molar-refractivity contribution in [3.05, 3.63) is 125 Å². The van der Waals surface area contributed by atoms with Crippen molar-refractivity contribution in [3.63, 3.8) is 0 Å². The van der Waals surface area contributed by atoms with E-state index >= 15 is 0 Å². The Kier molecular flexibility index (Phi) is 4.68. The van der Waals surface area contributed by atoms with Crippen LogP contribution in [-0.4, -0.2) is 14.5 Å². The molecule has 2 aliphatic carbocycles. The third-order valence-corrected chi connectivity index (χ3v) is 9.94. The number of thiophene rings is 1. The fourth-order valence-corrected chi connectivity index (χ4v) is 7.85. The molecule has 0 bridgehead atoms. The molecule has 4 aromatic carbocycles. The van der Waals surface area contributed by atoms with Gasteiger partial charge in [0.05, 0.1) is 26.8 Å². The van der Waals surface area contributed by atoms with Crippen LogP contribution >= 0.6 is 11.3 Å². The van der Waals surface area contributed by atoms with E-state index in [1.165, 1.54) is 37.0 Å². The van der Waals surface area contributed by atoms with Crippen LogP contribution in [0.25, 0.3) is 71.3 Å². The topological polar surface area (TPSA) is 30.7 Å². The Morgan fingerprint density at radius 1 is 0.805 bits per heavy atom. The first kappa shape index (κ1) is 23.0. The van der Waals surface area contributed by atoms with Crippen LogP contribution in [0.15, 0.2) is 115 Å². The van der Waals surface area contributed by atoms with Crippen LogP contribution in [0.2, 0.25) is 0 Å². The molecule has 0 spiro atoms. The summed E-state index contributed by atoms with van der Waals surface area (Å²) >= 11 is 1.78. The number of fused-ring (bicyclic) bond motifs is 8. The minimum atomic E-state index is -0.0147. The van der Waals surface area contributed by atoms with Crippen LogP contribution in [0.4, 0.5) is 0 Å². The number of nitrogens with zero attached hydrogens (tertiary/aromatic N) is 3. The van der Waals surface area contributed by atoms with Gasteiger partial charge < -0.3 is 0 Å². The molecule has 1 unspecified atom stereocenters. The summed E-state index contributed by atoms with van der Waals surface area (Å²) in [7, 11) is 0. The Labute approximate surface area is 240 Å². The smallest absolute Gasteiger partial charge is 0.235 e. The summed E-state index contributed by atoms with van der Waals surface area (Å²) in [6.45, 7) is 2.34. The molecule has 3 aromatic heterocycles.